The van der Waals surface area contributed by atoms with Gasteiger partial charge in [0.2, 0.25) is 5.91 Å². The van der Waals surface area contributed by atoms with Crippen LogP contribution in [0.3, 0.4) is 0 Å². The van der Waals surface area contributed by atoms with E-state index in [1.165, 1.54) is 25.3 Å². The average Bonchev–Trinajstić information content (AvgIpc) is 2.54. The number of amides is 1. The van der Waals surface area contributed by atoms with Gasteiger partial charge in [-0.05, 0) is 31.0 Å². The molecule has 1 aromatic carbocycles. The van der Waals surface area contributed by atoms with Crippen molar-refractivity contribution in [2.45, 2.75) is 19.3 Å². The molecule has 1 aliphatic heterocycles. The van der Waals surface area contributed by atoms with E-state index in [2.05, 4.69) is 5.32 Å². The third kappa shape index (κ3) is 4.19. The van der Waals surface area contributed by atoms with Crippen molar-refractivity contribution in [2.24, 2.45) is 5.41 Å². The topological polar surface area (TPSA) is 84.9 Å². The largest absolute Gasteiger partial charge is 0.496 e. The summed E-state index contributed by atoms with van der Waals surface area (Å²) in [5, 5.41) is 12.1. The third-order valence-electron chi connectivity index (χ3n) is 4.12. The van der Waals surface area contributed by atoms with Crippen LogP contribution in [0, 0.1) is 11.2 Å². The first-order valence-electron chi connectivity index (χ1n) is 7.37. The molecular formula is C16H20FNO5. The van der Waals surface area contributed by atoms with Gasteiger partial charge in [-0.2, -0.15) is 0 Å². The van der Waals surface area contributed by atoms with Crippen LogP contribution in [-0.2, 0) is 20.7 Å². The maximum atomic E-state index is 13.3. The summed E-state index contributed by atoms with van der Waals surface area (Å²) in [4.78, 5) is 23.6. The van der Waals surface area contributed by atoms with Crippen molar-refractivity contribution >= 4 is 11.9 Å². The van der Waals surface area contributed by atoms with Crippen LogP contribution in [-0.4, -0.2) is 43.9 Å². The Morgan fingerprint density at radius 1 is 1.39 bits per heavy atom. The summed E-state index contributed by atoms with van der Waals surface area (Å²) in [5.41, 5.74) is -0.582. The molecule has 23 heavy (non-hydrogen) atoms. The lowest BCUT2D eigenvalue weighted by atomic mass is 9.80. The zero-order valence-electron chi connectivity index (χ0n) is 12.9. The van der Waals surface area contributed by atoms with Gasteiger partial charge < -0.3 is 19.9 Å². The molecule has 2 N–H and O–H groups in total. The Morgan fingerprint density at radius 3 is 2.70 bits per heavy atom. The number of carboxylic acid groups (broad SMARTS) is 1. The van der Waals surface area contributed by atoms with Crippen molar-refractivity contribution in [3.8, 4) is 5.75 Å². The molecule has 0 unspecified atom stereocenters. The van der Waals surface area contributed by atoms with Crippen molar-refractivity contribution in [3.63, 3.8) is 0 Å². The number of nitrogens with one attached hydrogen (secondary N) is 1. The number of rotatable bonds is 6. The number of hydrogen-bond acceptors (Lipinski definition) is 4. The second kappa shape index (κ2) is 7.41. The molecule has 1 heterocycles. The van der Waals surface area contributed by atoms with Crippen LogP contribution in [0.25, 0.3) is 0 Å². The Hall–Kier alpha value is -2.15. The summed E-state index contributed by atoms with van der Waals surface area (Å²) in [5.74, 6) is -1.36. The minimum Gasteiger partial charge on any atom is -0.496 e. The van der Waals surface area contributed by atoms with Crippen molar-refractivity contribution in [1.82, 2.24) is 5.32 Å². The van der Waals surface area contributed by atoms with E-state index in [0.717, 1.165) is 0 Å². The molecule has 0 saturated carbocycles. The van der Waals surface area contributed by atoms with E-state index in [0.29, 0.717) is 37.4 Å². The second-order valence-electron chi connectivity index (χ2n) is 5.61. The summed E-state index contributed by atoms with van der Waals surface area (Å²) >= 11 is 0. The molecule has 1 aromatic rings. The maximum absolute atomic E-state index is 13.3. The molecule has 1 fully saturated rings. The smallest absolute Gasteiger partial charge is 0.311 e. The van der Waals surface area contributed by atoms with Crippen LogP contribution in [0.5, 0.6) is 5.75 Å². The number of benzene rings is 1. The Morgan fingerprint density at radius 2 is 2.09 bits per heavy atom. The average molecular weight is 325 g/mol. The molecule has 1 saturated heterocycles. The molecule has 1 aliphatic rings. The van der Waals surface area contributed by atoms with E-state index in [1.807, 2.05) is 0 Å². The van der Waals surface area contributed by atoms with Crippen molar-refractivity contribution in [2.75, 3.05) is 26.9 Å². The number of carbonyl (C=O) groups excluding carboxylic acids is 1. The van der Waals surface area contributed by atoms with E-state index in [9.17, 15) is 19.1 Å². The molecule has 0 spiro atoms. The molecule has 6 nitrogen and oxygen atoms in total. The van der Waals surface area contributed by atoms with Crippen molar-refractivity contribution in [1.29, 1.82) is 0 Å². The van der Waals surface area contributed by atoms with Gasteiger partial charge in [-0.15, -0.1) is 0 Å². The Bertz CT molecular complexity index is 584. The van der Waals surface area contributed by atoms with E-state index < -0.39 is 17.2 Å². The van der Waals surface area contributed by atoms with E-state index in [1.54, 1.807) is 0 Å². The lowest BCUT2D eigenvalue weighted by Gasteiger charge is -2.33. The van der Waals surface area contributed by atoms with Gasteiger partial charge in [0.15, 0.2) is 0 Å². The fraction of sp³-hybridized carbons (Fsp3) is 0.500. The second-order valence-corrected chi connectivity index (χ2v) is 5.61. The van der Waals surface area contributed by atoms with Gasteiger partial charge in [0.25, 0.3) is 0 Å². The third-order valence-corrected chi connectivity index (χ3v) is 4.12. The van der Waals surface area contributed by atoms with Gasteiger partial charge in [-0.25, -0.2) is 4.39 Å². The molecule has 2 rings (SSSR count). The summed E-state index contributed by atoms with van der Waals surface area (Å²) in [7, 11) is 1.44. The van der Waals surface area contributed by atoms with Crippen LogP contribution in [0.2, 0.25) is 0 Å². The molecule has 1 amide bonds. The van der Waals surface area contributed by atoms with E-state index in [4.69, 9.17) is 9.47 Å². The quantitative estimate of drug-likeness (QED) is 0.825. The van der Waals surface area contributed by atoms with Gasteiger partial charge in [0.1, 0.15) is 11.6 Å². The standard InChI is InChI=1S/C16H20FNO5/c1-22-13-3-2-12(17)8-11(13)9-14(19)18-10-16(15(20)21)4-6-23-7-5-16/h2-3,8H,4-7,9-10H2,1H3,(H,18,19)(H,20,21). The number of hydrogen-bond donors (Lipinski definition) is 2. The number of carboxylic acids is 1. The molecule has 0 aromatic heterocycles. The molecule has 0 atom stereocenters. The zero-order chi connectivity index (χ0) is 16.9. The molecule has 126 valence electrons. The molecular weight excluding hydrogens is 305 g/mol. The first-order chi connectivity index (χ1) is 11.0. The number of carbonyl (C=O) groups is 2. The van der Waals surface area contributed by atoms with Crippen molar-refractivity contribution < 1.29 is 28.6 Å². The van der Waals surface area contributed by atoms with Gasteiger partial charge in [-0.1, -0.05) is 0 Å². The monoisotopic (exact) mass is 325 g/mol. The first kappa shape index (κ1) is 17.2. The fourth-order valence-corrected chi connectivity index (χ4v) is 2.62. The summed E-state index contributed by atoms with van der Waals surface area (Å²) in [6, 6.07) is 3.94. The summed E-state index contributed by atoms with van der Waals surface area (Å²) < 4.78 is 23.6. The number of aliphatic carboxylic acids is 1. The predicted molar refractivity (Wildman–Crippen MR) is 79.8 cm³/mol. The molecule has 7 heteroatoms. The number of ether oxygens (including phenoxy) is 2. The van der Waals surface area contributed by atoms with E-state index >= 15 is 0 Å². The number of methoxy groups -OCH3 is 1. The molecule has 0 bridgehead atoms. The molecule has 0 aliphatic carbocycles. The lowest BCUT2D eigenvalue weighted by molar-refractivity contribution is -0.154. The Kier molecular flexibility index (Phi) is 5.54. The normalized spacial score (nSPS) is 16.6. The van der Waals surface area contributed by atoms with Gasteiger partial charge >= 0.3 is 5.97 Å². The minimum atomic E-state index is -1.00. The highest BCUT2D eigenvalue weighted by molar-refractivity contribution is 5.81. The van der Waals surface area contributed by atoms with Gasteiger partial charge in [-0.3, -0.25) is 9.59 Å². The fourth-order valence-electron chi connectivity index (χ4n) is 2.62. The highest BCUT2D eigenvalue weighted by Crippen LogP contribution is 2.30. The Labute approximate surface area is 133 Å². The Balaban J connectivity index is 1.99. The number of halogens is 1. The zero-order valence-corrected chi connectivity index (χ0v) is 12.9. The maximum Gasteiger partial charge on any atom is 0.311 e. The van der Waals surface area contributed by atoms with E-state index in [-0.39, 0.29) is 18.9 Å². The van der Waals surface area contributed by atoms with Crippen LogP contribution in [0.15, 0.2) is 18.2 Å². The van der Waals surface area contributed by atoms with Crippen LogP contribution in [0.4, 0.5) is 4.39 Å². The van der Waals surface area contributed by atoms with Crippen LogP contribution in [0.1, 0.15) is 18.4 Å². The minimum absolute atomic E-state index is 0.0299. The summed E-state index contributed by atoms with van der Waals surface area (Å²) in [6.45, 7) is 0.752. The highest BCUT2D eigenvalue weighted by Gasteiger charge is 2.40. The highest BCUT2D eigenvalue weighted by atomic mass is 19.1. The van der Waals surface area contributed by atoms with Crippen molar-refractivity contribution in [3.05, 3.63) is 29.6 Å². The van der Waals surface area contributed by atoms with Gasteiger partial charge in [0, 0.05) is 25.3 Å². The van der Waals surface area contributed by atoms with Gasteiger partial charge in [0.05, 0.1) is 18.9 Å². The lowest BCUT2D eigenvalue weighted by Crippen LogP contribution is -2.46. The SMILES string of the molecule is COc1ccc(F)cc1CC(=O)NCC1(C(=O)O)CCOCC1. The predicted octanol–water partition coefficient (Wildman–Crippen LogP) is 1.37. The summed E-state index contributed by atoms with van der Waals surface area (Å²) in [6.07, 6.45) is 0.630. The van der Waals surface area contributed by atoms with Crippen LogP contribution >= 0.6 is 0 Å². The first-order valence-corrected chi connectivity index (χ1v) is 7.37. The molecule has 0 radical (unpaired) electrons. The van der Waals surface area contributed by atoms with Crippen LogP contribution < -0.4 is 10.1 Å².